The van der Waals surface area contributed by atoms with Crippen LogP contribution in [0.15, 0.2) is 218 Å². The summed E-state index contributed by atoms with van der Waals surface area (Å²) in [6, 6.07) is 79.1. The van der Waals surface area contributed by atoms with Gasteiger partial charge in [0.25, 0.3) is 0 Å². The van der Waals surface area contributed by atoms with E-state index in [2.05, 4.69) is 226 Å². The van der Waals surface area contributed by atoms with Crippen molar-refractivity contribution >= 4 is 31.5 Å². The summed E-state index contributed by atoms with van der Waals surface area (Å²) < 4.78 is 2.58. The van der Waals surface area contributed by atoms with Gasteiger partial charge in [0.1, 0.15) is 0 Å². The van der Waals surface area contributed by atoms with Crippen LogP contribution in [0.2, 0.25) is 0 Å². The first kappa shape index (κ1) is 38.0. The third-order valence-corrected chi connectivity index (χ3v) is 14.3. The van der Waals surface area contributed by atoms with Gasteiger partial charge in [0.05, 0.1) is 11.4 Å². The Balaban J connectivity index is 0.994. The summed E-state index contributed by atoms with van der Waals surface area (Å²) in [6.45, 7) is 4.66. The van der Waals surface area contributed by atoms with Crippen molar-refractivity contribution < 1.29 is 0 Å². The van der Waals surface area contributed by atoms with E-state index in [1.54, 1.807) is 0 Å². The number of benzene rings is 9. The number of nitrogens with zero attached hydrogens (tertiary/aromatic N) is 2. The average Bonchev–Trinajstić information content (AvgIpc) is 3.86. The van der Waals surface area contributed by atoms with Gasteiger partial charge in [-0.1, -0.05) is 196 Å². The van der Waals surface area contributed by atoms with Crippen LogP contribution in [0.1, 0.15) is 25.0 Å². The highest BCUT2D eigenvalue weighted by molar-refractivity contribution is 7.26. The number of rotatable bonds is 7. The fourth-order valence-corrected chi connectivity index (χ4v) is 11.0. The van der Waals surface area contributed by atoms with Crippen LogP contribution in [0.3, 0.4) is 0 Å². The molecule has 1 aliphatic carbocycles. The molecule has 0 bridgehead atoms. The van der Waals surface area contributed by atoms with Crippen molar-refractivity contribution in [3.63, 3.8) is 0 Å². The Morgan fingerprint density at radius 2 is 0.844 bits per heavy atom. The van der Waals surface area contributed by atoms with Gasteiger partial charge in [-0.15, -0.1) is 11.3 Å². The lowest BCUT2D eigenvalue weighted by molar-refractivity contribution is 0.660. The molecule has 302 valence electrons. The lowest BCUT2D eigenvalue weighted by Crippen LogP contribution is -2.14. The maximum atomic E-state index is 5.34. The third kappa shape index (κ3) is 6.56. The number of hydrogen-bond donors (Lipinski definition) is 0. The van der Waals surface area contributed by atoms with Gasteiger partial charge < -0.3 is 0 Å². The Hall–Kier alpha value is -7.72. The van der Waals surface area contributed by atoms with Crippen LogP contribution in [0.25, 0.3) is 110 Å². The molecule has 2 aromatic heterocycles. The van der Waals surface area contributed by atoms with Gasteiger partial charge >= 0.3 is 0 Å². The normalized spacial score (nSPS) is 12.7. The molecule has 3 heteroatoms. The van der Waals surface area contributed by atoms with Crippen LogP contribution >= 0.6 is 11.3 Å². The summed E-state index contributed by atoms with van der Waals surface area (Å²) in [5, 5.41) is 2.58. The van der Waals surface area contributed by atoms with E-state index in [1.165, 1.54) is 70.2 Å². The largest absolute Gasteiger partial charge is 0.228 e. The van der Waals surface area contributed by atoms with E-state index in [0.29, 0.717) is 5.82 Å². The van der Waals surface area contributed by atoms with Gasteiger partial charge in [-0.2, -0.15) is 0 Å². The van der Waals surface area contributed by atoms with Gasteiger partial charge in [0.15, 0.2) is 5.82 Å². The van der Waals surface area contributed by atoms with Gasteiger partial charge in [0, 0.05) is 42.3 Å². The fourth-order valence-electron chi connectivity index (χ4n) is 9.75. The standard InChI is InChI=1S/C61H42N2S/c1-61(2)54-22-11-9-18-50(54)53-37-45(32-33-55(53)61)41-28-30-43(31-29-41)56-38-57(63-60(62-56)44-16-7-4-8-17-44)48-35-46(42-26-24-40(25-27-42)39-14-5-3-6-15-39)34-47(36-48)49-20-13-21-52-51-19-10-12-23-58(51)64-59(49)52/h3-38H,1-2H3. The molecular formula is C61H42N2S. The Kier molecular flexibility index (Phi) is 9.06. The lowest BCUT2D eigenvalue weighted by Gasteiger charge is -2.21. The summed E-state index contributed by atoms with van der Waals surface area (Å²) in [5.41, 5.74) is 19.7. The quantitative estimate of drug-likeness (QED) is 0.160. The lowest BCUT2D eigenvalue weighted by atomic mass is 9.82. The second-order valence-electron chi connectivity index (χ2n) is 17.4. The molecule has 0 atom stereocenters. The van der Waals surface area contributed by atoms with E-state index >= 15 is 0 Å². The minimum atomic E-state index is -0.0191. The van der Waals surface area contributed by atoms with Crippen molar-refractivity contribution in [2.24, 2.45) is 0 Å². The molecule has 11 aromatic rings. The highest BCUT2D eigenvalue weighted by atomic mass is 32.1. The maximum Gasteiger partial charge on any atom is 0.160 e. The molecule has 0 saturated heterocycles. The Morgan fingerprint density at radius 1 is 0.328 bits per heavy atom. The van der Waals surface area contributed by atoms with Crippen molar-refractivity contribution in [1.29, 1.82) is 0 Å². The molecule has 0 radical (unpaired) electrons. The molecule has 0 spiro atoms. The van der Waals surface area contributed by atoms with Crippen molar-refractivity contribution in [2.75, 3.05) is 0 Å². The van der Waals surface area contributed by atoms with Crippen molar-refractivity contribution in [2.45, 2.75) is 19.3 Å². The van der Waals surface area contributed by atoms with Crippen LogP contribution in [0.5, 0.6) is 0 Å². The topological polar surface area (TPSA) is 25.8 Å². The molecule has 2 nitrogen and oxygen atoms in total. The van der Waals surface area contributed by atoms with E-state index < -0.39 is 0 Å². The van der Waals surface area contributed by atoms with Crippen molar-refractivity contribution in [3.05, 3.63) is 230 Å². The van der Waals surface area contributed by atoms with Gasteiger partial charge in [-0.25, -0.2) is 9.97 Å². The molecule has 0 amide bonds. The van der Waals surface area contributed by atoms with Gasteiger partial charge in [-0.05, 0) is 103 Å². The predicted molar refractivity (Wildman–Crippen MR) is 271 cm³/mol. The first-order valence-electron chi connectivity index (χ1n) is 22.0. The molecule has 12 rings (SSSR count). The molecule has 0 fully saturated rings. The van der Waals surface area contributed by atoms with E-state index in [-0.39, 0.29) is 5.41 Å². The number of fused-ring (bicyclic) bond motifs is 6. The fraction of sp³-hybridized carbons (Fsp3) is 0.0492. The second kappa shape index (κ2) is 15.3. The Bertz CT molecular complexity index is 3550. The first-order valence-corrected chi connectivity index (χ1v) is 22.8. The third-order valence-electron chi connectivity index (χ3n) is 13.1. The van der Waals surface area contributed by atoms with Gasteiger partial charge in [0.2, 0.25) is 0 Å². The number of hydrogen-bond acceptors (Lipinski definition) is 3. The highest BCUT2D eigenvalue weighted by Gasteiger charge is 2.35. The first-order chi connectivity index (χ1) is 31.4. The number of thiophene rings is 1. The van der Waals surface area contributed by atoms with Crippen LogP contribution in [0, 0.1) is 0 Å². The van der Waals surface area contributed by atoms with E-state index in [1.807, 2.05) is 17.4 Å². The van der Waals surface area contributed by atoms with Crippen LogP contribution in [-0.4, -0.2) is 9.97 Å². The molecule has 0 saturated carbocycles. The molecule has 9 aromatic carbocycles. The van der Waals surface area contributed by atoms with E-state index in [0.717, 1.165) is 44.8 Å². The van der Waals surface area contributed by atoms with Crippen LogP contribution in [0.4, 0.5) is 0 Å². The van der Waals surface area contributed by atoms with E-state index in [9.17, 15) is 0 Å². The summed E-state index contributed by atoms with van der Waals surface area (Å²) in [6.07, 6.45) is 0. The van der Waals surface area contributed by atoms with Crippen LogP contribution in [-0.2, 0) is 5.41 Å². The van der Waals surface area contributed by atoms with Gasteiger partial charge in [-0.3, -0.25) is 0 Å². The molecule has 1 aliphatic rings. The summed E-state index contributed by atoms with van der Waals surface area (Å²) >= 11 is 1.86. The highest BCUT2D eigenvalue weighted by Crippen LogP contribution is 2.50. The monoisotopic (exact) mass is 834 g/mol. The summed E-state index contributed by atoms with van der Waals surface area (Å²) in [4.78, 5) is 10.6. The zero-order valence-corrected chi connectivity index (χ0v) is 36.4. The molecule has 64 heavy (non-hydrogen) atoms. The van der Waals surface area contributed by atoms with Crippen molar-refractivity contribution in [3.8, 4) is 89.5 Å². The molecule has 0 unspecified atom stereocenters. The minimum Gasteiger partial charge on any atom is -0.228 e. The predicted octanol–water partition coefficient (Wildman–Crippen LogP) is 16.8. The zero-order valence-electron chi connectivity index (χ0n) is 35.6. The molecule has 2 heterocycles. The van der Waals surface area contributed by atoms with Crippen molar-refractivity contribution in [1.82, 2.24) is 9.97 Å². The van der Waals surface area contributed by atoms with Crippen LogP contribution < -0.4 is 0 Å². The molecular weight excluding hydrogens is 793 g/mol. The molecule has 0 aliphatic heterocycles. The second-order valence-corrected chi connectivity index (χ2v) is 18.4. The van der Waals surface area contributed by atoms with E-state index in [4.69, 9.17) is 9.97 Å². The number of aromatic nitrogens is 2. The Labute approximate surface area is 377 Å². The maximum absolute atomic E-state index is 5.34. The Morgan fingerprint density at radius 3 is 1.61 bits per heavy atom. The minimum absolute atomic E-state index is 0.0191. The summed E-state index contributed by atoms with van der Waals surface area (Å²) in [5.74, 6) is 0.697. The summed E-state index contributed by atoms with van der Waals surface area (Å²) in [7, 11) is 0. The zero-order chi connectivity index (χ0) is 42.8. The smallest absolute Gasteiger partial charge is 0.160 e. The SMILES string of the molecule is CC1(C)c2ccccc2-c2cc(-c3ccc(-c4cc(-c5cc(-c6ccc(-c7ccccc7)cc6)cc(-c6cccc7c6sc6ccccc67)c5)nc(-c5ccccc5)n4)cc3)ccc21. The molecule has 0 N–H and O–H groups in total. The average molecular weight is 835 g/mol.